The van der Waals surface area contributed by atoms with Gasteiger partial charge >= 0.3 is 0 Å². The van der Waals surface area contributed by atoms with Gasteiger partial charge in [-0.15, -0.1) is 0 Å². The molecule has 2 rings (SSSR count). The van der Waals surface area contributed by atoms with Crippen LogP contribution in [-0.4, -0.2) is 47.8 Å². The van der Waals surface area contributed by atoms with E-state index in [-0.39, 0.29) is 12.1 Å². The first kappa shape index (κ1) is 16.2. The zero-order valence-electron chi connectivity index (χ0n) is 12.5. The number of benzene rings is 1. The molecule has 1 aromatic carbocycles. The fraction of sp³-hybridized carbons (Fsp3) is 0.571. The van der Waals surface area contributed by atoms with Crippen LogP contribution in [0, 0.1) is 0 Å². The van der Waals surface area contributed by atoms with Gasteiger partial charge in [-0.05, 0) is 25.0 Å². The van der Waals surface area contributed by atoms with Crippen molar-refractivity contribution < 1.29 is 13.2 Å². The first-order valence-electron chi connectivity index (χ1n) is 7.01. The van der Waals surface area contributed by atoms with Crippen LogP contribution < -0.4 is 15.4 Å². The lowest BCUT2D eigenvalue weighted by Crippen LogP contribution is -2.39. The number of anilines is 1. The summed E-state index contributed by atoms with van der Waals surface area (Å²) in [6.07, 6.45) is 1.83. The molecule has 3 N–H and O–H groups in total. The van der Waals surface area contributed by atoms with Crippen molar-refractivity contribution in [2.75, 3.05) is 32.2 Å². The van der Waals surface area contributed by atoms with Gasteiger partial charge in [-0.2, -0.15) is 0 Å². The van der Waals surface area contributed by atoms with E-state index in [1.165, 1.54) is 0 Å². The summed E-state index contributed by atoms with van der Waals surface area (Å²) in [6, 6.07) is 6.88. The molecule has 1 fully saturated rings. The van der Waals surface area contributed by atoms with Gasteiger partial charge in [-0.25, -0.2) is 13.1 Å². The van der Waals surface area contributed by atoms with Gasteiger partial charge in [-0.1, -0.05) is 12.1 Å². The van der Waals surface area contributed by atoms with Gasteiger partial charge in [0.1, 0.15) is 4.90 Å². The van der Waals surface area contributed by atoms with Crippen molar-refractivity contribution in [3.05, 3.63) is 24.3 Å². The van der Waals surface area contributed by atoms with Crippen molar-refractivity contribution in [2.45, 2.75) is 29.8 Å². The summed E-state index contributed by atoms with van der Waals surface area (Å²) in [5.41, 5.74) is 6.59. The average molecular weight is 313 g/mol. The maximum atomic E-state index is 12.4. The van der Waals surface area contributed by atoms with E-state index >= 15 is 0 Å². The normalized spacial score (nSPS) is 16.7. The molecule has 21 heavy (non-hydrogen) atoms. The molecule has 0 saturated heterocycles. The number of ether oxygens (including phenoxy) is 1. The summed E-state index contributed by atoms with van der Waals surface area (Å²) in [4.78, 5) is 2.15. The quantitative estimate of drug-likeness (QED) is 0.731. The van der Waals surface area contributed by atoms with Crippen LogP contribution in [0.3, 0.4) is 0 Å². The lowest BCUT2D eigenvalue weighted by molar-refractivity contribution is 0.181. The molecule has 0 bridgehead atoms. The number of nitrogens with one attached hydrogen (secondary N) is 1. The highest BCUT2D eigenvalue weighted by atomic mass is 32.2. The summed E-state index contributed by atoms with van der Waals surface area (Å²) < 4.78 is 32.6. The molecule has 0 spiro atoms. The van der Waals surface area contributed by atoms with Gasteiger partial charge in [0.25, 0.3) is 0 Å². The second-order valence-corrected chi connectivity index (χ2v) is 7.14. The van der Waals surface area contributed by atoms with Crippen LogP contribution >= 0.6 is 0 Å². The highest BCUT2D eigenvalue weighted by Crippen LogP contribution is 2.27. The van der Waals surface area contributed by atoms with Gasteiger partial charge < -0.3 is 15.4 Å². The monoisotopic (exact) mass is 313 g/mol. The van der Waals surface area contributed by atoms with Crippen LogP contribution in [0.25, 0.3) is 0 Å². The Kier molecular flexibility index (Phi) is 5.21. The lowest BCUT2D eigenvalue weighted by atomic mass is 10.2. The molecule has 0 aliphatic heterocycles. The maximum absolute atomic E-state index is 12.4. The van der Waals surface area contributed by atoms with E-state index < -0.39 is 10.0 Å². The number of likely N-dealkylation sites (N-methyl/N-ethyl adjacent to an activating group) is 1. The van der Waals surface area contributed by atoms with Gasteiger partial charge in [0.15, 0.2) is 0 Å². The van der Waals surface area contributed by atoms with E-state index in [2.05, 4.69) is 4.72 Å². The zero-order valence-corrected chi connectivity index (χ0v) is 13.3. The fourth-order valence-corrected chi connectivity index (χ4v) is 3.76. The minimum Gasteiger partial charge on any atom is -0.383 e. The molecule has 1 saturated carbocycles. The van der Waals surface area contributed by atoms with Crippen LogP contribution in [0.1, 0.15) is 12.8 Å². The van der Waals surface area contributed by atoms with Crippen LogP contribution in [-0.2, 0) is 14.8 Å². The van der Waals surface area contributed by atoms with Gasteiger partial charge in [0, 0.05) is 32.8 Å². The third-order valence-corrected chi connectivity index (χ3v) is 4.92. The molecule has 1 aliphatic carbocycles. The van der Waals surface area contributed by atoms with Crippen molar-refractivity contribution in [1.29, 1.82) is 0 Å². The molecule has 0 heterocycles. The van der Waals surface area contributed by atoms with E-state index in [0.29, 0.717) is 23.7 Å². The Labute approximate surface area is 126 Å². The molecular weight excluding hydrogens is 290 g/mol. The van der Waals surface area contributed by atoms with Gasteiger partial charge in [-0.3, -0.25) is 0 Å². The second kappa shape index (κ2) is 6.74. The van der Waals surface area contributed by atoms with Gasteiger partial charge in [0.05, 0.1) is 12.3 Å². The average Bonchev–Trinajstić information content (AvgIpc) is 3.22. The van der Waals surface area contributed by atoms with Gasteiger partial charge in [0.2, 0.25) is 10.0 Å². The third-order valence-electron chi connectivity index (χ3n) is 3.35. The number of para-hydroxylation sites is 1. The second-order valence-electron chi connectivity index (χ2n) is 5.46. The highest BCUT2D eigenvalue weighted by molar-refractivity contribution is 7.89. The van der Waals surface area contributed by atoms with Crippen molar-refractivity contribution in [3.63, 3.8) is 0 Å². The molecule has 0 amide bonds. The van der Waals surface area contributed by atoms with Crippen molar-refractivity contribution in [2.24, 2.45) is 5.73 Å². The summed E-state index contributed by atoms with van der Waals surface area (Å²) in [5.74, 6) is 0. The molecule has 0 radical (unpaired) electrons. The Balaban J connectivity index is 2.19. The van der Waals surface area contributed by atoms with Crippen LogP contribution in [0.5, 0.6) is 0 Å². The van der Waals surface area contributed by atoms with Crippen molar-refractivity contribution in [1.82, 2.24) is 4.72 Å². The Bertz CT molecular complexity index is 573. The van der Waals surface area contributed by atoms with Crippen molar-refractivity contribution >= 4 is 15.7 Å². The Morgan fingerprint density at radius 2 is 2.10 bits per heavy atom. The van der Waals surface area contributed by atoms with Crippen molar-refractivity contribution in [3.8, 4) is 0 Å². The molecule has 7 heteroatoms. The Morgan fingerprint density at radius 1 is 1.43 bits per heavy atom. The molecule has 0 aromatic heterocycles. The smallest absolute Gasteiger partial charge is 0.242 e. The molecule has 1 atom stereocenters. The van der Waals surface area contributed by atoms with E-state index in [1.54, 1.807) is 25.3 Å². The van der Waals surface area contributed by atoms with Crippen LogP contribution in [0.15, 0.2) is 29.2 Å². The Hall–Kier alpha value is -1.15. The molecule has 118 valence electrons. The van der Waals surface area contributed by atoms with E-state index in [0.717, 1.165) is 12.8 Å². The fourth-order valence-electron chi connectivity index (χ4n) is 2.20. The SMILES string of the molecule is COCC(N)CN(C)c1ccccc1S(=O)(=O)NC1CC1. The predicted octanol–water partition coefficient (Wildman–Crippen LogP) is 0.537. The summed E-state index contributed by atoms with van der Waals surface area (Å²) in [6.45, 7) is 0.948. The first-order chi connectivity index (χ1) is 9.94. The number of methoxy groups -OCH3 is 1. The number of nitrogens with two attached hydrogens (primary N) is 1. The predicted molar refractivity (Wildman–Crippen MR) is 82.9 cm³/mol. The number of hydrogen-bond donors (Lipinski definition) is 2. The van der Waals surface area contributed by atoms with Crippen LogP contribution in [0.4, 0.5) is 5.69 Å². The number of rotatable bonds is 8. The maximum Gasteiger partial charge on any atom is 0.242 e. The summed E-state index contributed by atoms with van der Waals surface area (Å²) in [5, 5.41) is 0. The lowest BCUT2D eigenvalue weighted by Gasteiger charge is -2.25. The minimum atomic E-state index is -3.48. The molecule has 1 aliphatic rings. The number of hydrogen-bond acceptors (Lipinski definition) is 5. The topological polar surface area (TPSA) is 84.7 Å². The third kappa shape index (κ3) is 4.41. The summed E-state index contributed by atoms with van der Waals surface area (Å²) >= 11 is 0. The standard InChI is InChI=1S/C14H23N3O3S/c1-17(9-11(15)10-20-2)13-5-3-4-6-14(13)21(18,19)16-12-7-8-12/h3-6,11-12,16H,7-10,15H2,1-2H3. The van der Waals surface area contributed by atoms with Crippen LogP contribution in [0.2, 0.25) is 0 Å². The molecule has 1 unspecified atom stereocenters. The Morgan fingerprint density at radius 3 is 2.71 bits per heavy atom. The van der Waals surface area contributed by atoms with E-state index in [1.807, 2.05) is 18.0 Å². The minimum absolute atomic E-state index is 0.0871. The molecule has 1 aromatic rings. The summed E-state index contributed by atoms with van der Waals surface area (Å²) in [7, 11) is -0.0551. The first-order valence-corrected chi connectivity index (χ1v) is 8.49. The number of nitrogens with zero attached hydrogens (tertiary/aromatic N) is 1. The molecule has 6 nitrogen and oxygen atoms in total. The largest absolute Gasteiger partial charge is 0.383 e. The van der Waals surface area contributed by atoms with E-state index in [4.69, 9.17) is 10.5 Å². The zero-order chi connectivity index (χ0) is 15.5. The number of sulfonamides is 1. The van der Waals surface area contributed by atoms with E-state index in [9.17, 15) is 8.42 Å². The highest BCUT2D eigenvalue weighted by Gasteiger charge is 2.29. The molecular formula is C14H23N3O3S.